The van der Waals surface area contributed by atoms with Gasteiger partial charge in [-0.2, -0.15) is 10.2 Å². The first-order chi connectivity index (χ1) is 10.5. The summed E-state index contributed by atoms with van der Waals surface area (Å²) in [6.07, 6.45) is 4.71. The summed E-state index contributed by atoms with van der Waals surface area (Å²) in [5.74, 6) is -1.06. The van der Waals surface area contributed by atoms with Gasteiger partial charge in [0.2, 0.25) is 0 Å². The Labute approximate surface area is 127 Å². The Balaban J connectivity index is 2.00. The second-order valence-electron chi connectivity index (χ2n) is 4.94. The van der Waals surface area contributed by atoms with Gasteiger partial charge in [-0.15, -0.1) is 0 Å². The molecule has 0 spiro atoms. The van der Waals surface area contributed by atoms with E-state index in [0.717, 1.165) is 12.2 Å². The molecule has 0 aromatic carbocycles. The van der Waals surface area contributed by atoms with Crippen LogP contribution in [-0.2, 0) is 24.4 Å². The summed E-state index contributed by atoms with van der Waals surface area (Å²) in [6, 6.07) is 1.88. The van der Waals surface area contributed by atoms with Gasteiger partial charge in [0.05, 0.1) is 37.0 Å². The maximum absolute atomic E-state index is 12.3. The molecule has 0 aliphatic rings. The second kappa shape index (κ2) is 6.88. The standard InChI is InChI=1S/C14H19N5O3/c1-3-19-12(4-6-15-19)10-17(2)14(22)11-8-16-18(9-11)7-5-13(20)21/h4,6,8-9H,3,5,7,10H2,1-2H3,(H,20,21). The minimum atomic E-state index is -0.895. The quantitative estimate of drug-likeness (QED) is 0.818. The lowest BCUT2D eigenvalue weighted by Gasteiger charge is -2.16. The van der Waals surface area contributed by atoms with Crippen molar-refractivity contribution in [1.82, 2.24) is 24.5 Å². The number of carbonyl (C=O) groups excluding carboxylic acids is 1. The fourth-order valence-corrected chi connectivity index (χ4v) is 2.12. The fraction of sp³-hybridized carbons (Fsp3) is 0.429. The number of aryl methyl sites for hydroxylation is 2. The minimum Gasteiger partial charge on any atom is -0.481 e. The number of rotatable bonds is 7. The van der Waals surface area contributed by atoms with Crippen molar-refractivity contribution in [2.45, 2.75) is 33.0 Å². The molecule has 0 bridgehead atoms. The van der Waals surface area contributed by atoms with Gasteiger partial charge in [-0.05, 0) is 13.0 Å². The maximum Gasteiger partial charge on any atom is 0.305 e. The van der Waals surface area contributed by atoms with E-state index < -0.39 is 5.97 Å². The Morgan fingerprint density at radius 3 is 2.82 bits per heavy atom. The lowest BCUT2D eigenvalue weighted by atomic mass is 10.3. The van der Waals surface area contributed by atoms with Crippen LogP contribution < -0.4 is 0 Å². The largest absolute Gasteiger partial charge is 0.481 e. The summed E-state index contributed by atoms with van der Waals surface area (Å²) < 4.78 is 3.30. The van der Waals surface area contributed by atoms with E-state index in [0.29, 0.717) is 12.1 Å². The van der Waals surface area contributed by atoms with Crippen molar-refractivity contribution in [2.75, 3.05) is 7.05 Å². The van der Waals surface area contributed by atoms with E-state index in [9.17, 15) is 9.59 Å². The maximum atomic E-state index is 12.3. The van der Waals surface area contributed by atoms with Gasteiger partial charge in [-0.1, -0.05) is 0 Å². The van der Waals surface area contributed by atoms with Crippen LogP contribution in [0.1, 0.15) is 29.4 Å². The van der Waals surface area contributed by atoms with Crippen LogP contribution in [0.5, 0.6) is 0 Å². The van der Waals surface area contributed by atoms with Crippen molar-refractivity contribution >= 4 is 11.9 Å². The van der Waals surface area contributed by atoms with Crippen LogP contribution in [0.25, 0.3) is 0 Å². The molecule has 8 nitrogen and oxygen atoms in total. The summed E-state index contributed by atoms with van der Waals surface area (Å²) in [5.41, 5.74) is 1.40. The zero-order chi connectivity index (χ0) is 16.1. The van der Waals surface area contributed by atoms with Gasteiger partial charge in [0.15, 0.2) is 0 Å². The van der Waals surface area contributed by atoms with Crippen molar-refractivity contribution in [1.29, 1.82) is 0 Å². The van der Waals surface area contributed by atoms with Gasteiger partial charge < -0.3 is 10.0 Å². The molecular formula is C14H19N5O3. The zero-order valence-electron chi connectivity index (χ0n) is 12.6. The molecule has 0 atom stereocenters. The van der Waals surface area contributed by atoms with Crippen molar-refractivity contribution < 1.29 is 14.7 Å². The molecule has 0 aliphatic heterocycles. The van der Waals surface area contributed by atoms with E-state index in [1.807, 2.05) is 17.7 Å². The lowest BCUT2D eigenvalue weighted by Crippen LogP contribution is -2.27. The van der Waals surface area contributed by atoms with Gasteiger partial charge >= 0.3 is 5.97 Å². The number of amides is 1. The molecule has 2 heterocycles. The van der Waals surface area contributed by atoms with Gasteiger partial charge in [0, 0.05) is 26.0 Å². The summed E-state index contributed by atoms with van der Waals surface area (Å²) >= 11 is 0. The Kier molecular flexibility index (Phi) is 4.92. The number of aliphatic carboxylic acids is 1. The normalized spacial score (nSPS) is 10.6. The van der Waals surface area contributed by atoms with E-state index >= 15 is 0 Å². The highest BCUT2D eigenvalue weighted by molar-refractivity contribution is 5.93. The third-order valence-electron chi connectivity index (χ3n) is 3.28. The van der Waals surface area contributed by atoms with Crippen LogP contribution in [0.4, 0.5) is 0 Å². The molecule has 0 radical (unpaired) electrons. The van der Waals surface area contributed by atoms with E-state index in [4.69, 9.17) is 5.11 Å². The molecule has 0 unspecified atom stereocenters. The number of carboxylic acid groups (broad SMARTS) is 1. The number of hydrogen-bond acceptors (Lipinski definition) is 4. The number of hydrogen-bond donors (Lipinski definition) is 1. The first kappa shape index (κ1) is 15.7. The molecule has 2 aromatic rings. The first-order valence-corrected chi connectivity index (χ1v) is 7.01. The van der Waals surface area contributed by atoms with Gasteiger partial charge in [0.25, 0.3) is 5.91 Å². The highest BCUT2D eigenvalue weighted by atomic mass is 16.4. The summed E-state index contributed by atoms with van der Waals surface area (Å²) in [4.78, 5) is 24.5. The average molecular weight is 305 g/mol. The monoisotopic (exact) mass is 305 g/mol. The molecule has 0 aliphatic carbocycles. The predicted octanol–water partition coefficient (Wildman–Crippen LogP) is 0.846. The van der Waals surface area contributed by atoms with E-state index in [2.05, 4.69) is 10.2 Å². The van der Waals surface area contributed by atoms with Gasteiger partial charge in [-0.3, -0.25) is 19.0 Å². The molecule has 2 aromatic heterocycles. The third kappa shape index (κ3) is 3.72. The highest BCUT2D eigenvalue weighted by Crippen LogP contribution is 2.08. The van der Waals surface area contributed by atoms with Crippen LogP contribution in [-0.4, -0.2) is 48.5 Å². The van der Waals surface area contributed by atoms with E-state index in [-0.39, 0.29) is 18.9 Å². The zero-order valence-corrected chi connectivity index (χ0v) is 12.6. The number of aromatic nitrogens is 4. The topological polar surface area (TPSA) is 93.3 Å². The lowest BCUT2D eigenvalue weighted by molar-refractivity contribution is -0.137. The molecule has 8 heteroatoms. The molecule has 118 valence electrons. The van der Waals surface area contributed by atoms with E-state index in [1.165, 1.54) is 10.9 Å². The molecular weight excluding hydrogens is 286 g/mol. The summed E-state index contributed by atoms with van der Waals surface area (Å²) in [7, 11) is 1.71. The molecule has 2 rings (SSSR count). The molecule has 0 saturated heterocycles. The van der Waals surface area contributed by atoms with Crippen LogP contribution >= 0.6 is 0 Å². The molecule has 1 amide bonds. The van der Waals surface area contributed by atoms with Crippen LogP contribution in [0.2, 0.25) is 0 Å². The van der Waals surface area contributed by atoms with E-state index in [1.54, 1.807) is 24.3 Å². The SMILES string of the molecule is CCn1nccc1CN(C)C(=O)c1cnn(CCC(=O)O)c1. The summed E-state index contributed by atoms with van der Waals surface area (Å²) in [5, 5.41) is 16.8. The first-order valence-electron chi connectivity index (χ1n) is 7.01. The number of nitrogens with zero attached hydrogens (tertiary/aromatic N) is 5. The predicted molar refractivity (Wildman–Crippen MR) is 78.2 cm³/mol. The second-order valence-corrected chi connectivity index (χ2v) is 4.94. The smallest absolute Gasteiger partial charge is 0.305 e. The Hall–Kier alpha value is -2.64. The Morgan fingerprint density at radius 2 is 2.14 bits per heavy atom. The van der Waals surface area contributed by atoms with Crippen molar-refractivity contribution in [3.8, 4) is 0 Å². The molecule has 22 heavy (non-hydrogen) atoms. The van der Waals surface area contributed by atoms with Crippen molar-refractivity contribution in [2.24, 2.45) is 0 Å². The van der Waals surface area contributed by atoms with Gasteiger partial charge in [-0.25, -0.2) is 0 Å². The average Bonchev–Trinajstić information content (AvgIpc) is 3.12. The molecule has 1 N–H and O–H groups in total. The van der Waals surface area contributed by atoms with Crippen LogP contribution in [0, 0.1) is 0 Å². The number of carbonyl (C=O) groups is 2. The van der Waals surface area contributed by atoms with Crippen LogP contribution in [0.3, 0.4) is 0 Å². The van der Waals surface area contributed by atoms with Crippen LogP contribution in [0.15, 0.2) is 24.7 Å². The Morgan fingerprint density at radius 1 is 1.36 bits per heavy atom. The summed E-state index contributed by atoms with van der Waals surface area (Å²) in [6.45, 7) is 3.43. The third-order valence-corrected chi connectivity index (χ3v) is 3.28. The van der Waals surface area contributed by atoms with Crippen molar-refractivity contribution in [3.63, 3.8) is 0 Å². The number of carboxylic acids is 1. The van der Waals surface area contributed by atoms with Crippen molar-refractivity contribution in [3.05, 3.63) is 35.9 Å². The Bertz CT molecular complexity index is 661. The fourth-order valence-electron chi connectivity index (χ4n) is 2.12. The molecule has 0 saturated carbocycles. The van der Waals surface area contributed by atoms with Gasteiger partial charge in [0.1, 0.15) is 0 Å². The highest BCUT2D eigenvalue weighted by Gasteiger charge is 2.16. The molecule has 0 fully saturated rings. The minimum absolute atomic E-state index is 0.0269.